The van der Waals surface area contributed by atoms with Crippen LogP contribution >= 0.6 is 0 Å². The van der Waals surface area contributed by atoms with Crippen LogP contribution in [-0.2, 0) is 14.0 Å². The fourth-order valence-corrected chi connectivity index (χ4v) is 3.27. The van der Waals surface area contributed by atoms with Gasteiger partial charge in [-0.25, -0.2) is 0 Å². The van der Waals surface area contributed by atoms with Crippen molar-refractivity contribution < 1.29 is 14.0 Å². The van der Waals surface area contributed by atoms with E-state index in [4.69, 9.17) is 9.16 Å². The van der Waals surface area contributed by atoms with E-state index in [1.54, 1.807) is 0 Å². The molecule has 0 aromatic carbocycles. The van der Waals surface area contributed by atoms with Crippen LogP contribution in [-0.4, -0.2) is 32.4 Å². The van der Waals surface area contributed by atoms with Crippen LogP contribution in [0.5, 0.6) is 0 Å². The molecule has 3 atom stereocenters. The summed E-state index contributed by atoms with van der Waals surface area (Å²) in [5.41, 5.74) is 0.660. The van der Waals surface area contributed by atoms with Crippen LogP contribution in [0.15, 0.2) is 12.2 Å². The molecule has 1 saturated heterocycles. The quantitative estimate of drug-likeness (QED) is 0.432. The Labute approximate surface area is 104 Å². The van der Waals surface area contributed by atoms with Gasteiger partial charge in [0.1, 0.15) is 12.2 Å². The van der Waals surface area contributed by atoms with Gasteiger partial charge < -0.3 is 9.16 Å². The van der Waals surface area contributed by atoms with E-state index in [1.807, 2.05) is 0 Å². The second-order valence-electron chi connectivity index (χ2n) is 6.61. The normalized spacial score (nSPS) is 33.6. The summed E-state index contributed by atoms with van der Waals surface area (Å²) in [6.07, 6.45) is 0.395. The molecule has 17 heavy (non-hydrogen) atoms. The predicted molar refractivity (Wildman–Crippen MR) is 69.5 cm³/mol. The Morgan fingerprint density at radius 2 is 2.00 bits per heavy atom. The van der Waals surface area contributed by atoms with Crippen molar-refractivity contribution in [2.24, 2.45) is 0 Å². The Hall–Kier alpha value is -0.453. The molecule has 0 bridgehead atoms. The summed E-state index contributed by atoms with van der Waals surface area (Å²) in [6.45, 7) is 14.9. The van der Waals surface area contributed by atoms with E-state index in [1.165, 1.54) is 0 Å². The largest absolute Gasteiger partial charge is 0.411 e. The van der Waals surface area contributed by atoms with E-state index in [9.17, 15) is 4.79 Å². The first-order valence-electron chi connectivity index (χ1n) is 6.19. The summed E-state index contributed by atoms with van der Waals surface area (Å²) in [6, 6.07) is 0. The molecule has 3 nitrogen and oxygen atoms in total. The van der Waals surface area contributed by atoms with Crippen LogP contribution in [0.1, 0.15) is 27.2 Å². The molecule has 0 spiro atoms. The number of carbonyl (C=O) groups excluding carboxylic acids is 1. The molecule has 0 unspecified atom stereocenters. The molecule has 2 fully saturated rings. The molecule has 1 aliphatic heterocycles. The molecule has 1 saturated carbocycles. The molecule has 0 aromatic heterocycles. The minimum Gasteiger partial charge on any atom is -0.411 e. The first kappa shape index (κ1) is 13.0. The standard InChI is InChI=1S/C13H22O3Si/c1-8-7-9(11-12(15-11)10(8)14)16-17(5,6)13(2,3)4/h9,11-12H,1,7H2,2-6H3/t9-,11+,12-/m0/s1. The fourth-order valence-electron chi connectivity index (χ4n) is 1.94. The highest BCUT2D eigenvalue weighted by atomic mass is 28.4. The molecule has 0 aromatic rings. The highest BCUT2D eigenvalue weighted by Gasteiger charge is 2.56. The molecule has 96 valence electrons. The average Bonchev–Trinajstić information content (AvgIpc) is 2.91. The third-order valence-electron chi connectivity index (χ3n) is 4.20. The number of fused-ring (bicyclic) bond motifs is 1. The highest BCUT2D eigenvalue weighted by Crippen LogP contribution is 2.43. The van der Waals surface area contributed by atoms with E-state index >= 15 is 0 Å². The van der Waals surface area contributed by atoms with Crippen molar-refractivity contribution in [2.45, 2.75) is 63.6 Å². The zero-order valence-corrected chi connectivity index (χ0v) is 12.4. The maximum atomic E-state index is 11.6. The molecular weight excluding hydrogens is 232 g/mol. The van der Waals surface area contributed by atoms with Gasteiger partial charge in [0.05, 0.1) is 6.10 Å². The maximum Gasteiger partial charge on any atom is 0.192 e. The van der Waals surface area contributed by atoms with Gasteiger partial charge in [0.2, 0.25) is 0 Å². The summed E-state index contributed by atoms with van der Waals surface area (Å²) in [4.78, 5) is 11.6. The minimum atomic E-state index is -1.79. The van der Waals surface area contributed by atoms with E-state index in [0.717, 1.165) is 0 Å². The SMILES string of the molecule is C=C1C[C@H](O[Si](C)(C)C(C)(C)C)[C@H]2O[C@H]2C1=O. The van der Waals surface area contributed by atoms with Crippen molar-refractivity contribution >= 4 is 14.1 Å². The molecule has 4 heteroatoms. The third kappa shape index (κ3) is 2.26. The van der Waals surface area contributed by atoms with Gasteiger partial charge in [0, 0.05) is 6.42 Å². The third-order valence-corrected chi connectivity index (χ3v) is 8.70. The van der Waals surface area contributed by atoms with Crippen LogP contribution in [0.2, 0.25) is 18.1 Å². The molecule has 1 heterocycles. The highest BCUT2D eigenvalue weighted by molar-refractivity contribution is 6.74. The number of hydrogen-bond acceptors (Lipinski definition) is 3. The summed E-state index contributed by atoms with van der Waals surface area (Å²) in [5.74, 6) is 0.0741. The average molecular weight is 254 g/mol. The van der Waals surface area contributed by atoms with Gasteiger partial charge in [-0.15, -0.1) is 0 Å². The van der Waals surface area contributed by atoms with E-state index in [-0.39, 0.29) is 29.1 Å². The maximum absolute atomic E-state index is 11.6. The van der Waals surface area contributed by atoms with Gasteiger partial charge in [0.25, 0.3) is 0 Å². The monoisotopic (exact) mass is 254 g/mol. The molecule has 0 radical (unpaired) electrons. The number of rotatable bonds is 2. The smallest absolute Gasteiger partial charge is 0.192 e. The Balaban J connectivity index is 2.06. The lowest BCUT2D eigenvalue weighted by atomic mass is 9.93. The first-order valence-corrected chi connectivity index (χ1v) is 9.09. The van der Waals surface area contributed by atoms with Crippen LogP contribution in [0, 0.1) is 0 Å². The van der Waals surface area contributed by atoms with Crippen LogP contribution in [0.3, 0.4) is 0 Å². The number of Topliss-reactive ketones (excluding diaryl/α,β-unsaturated/α-hetero) is 1. The van der Waals surface area contributed by atoms with Gasteiger partial charge in [-0.1, -0.05) is 27.4 Å². The lowest BCUT2D eigenvalue weighted by molar-refractivity contribution is -0.117. The number of ketones is 1. The Morgan fingerprint density at radius 1 is 1.41 bits per heavy atom. The molecule has 2 rings (SSSR count). The van der Waals surface area contributed by atoms with Crippen LogP contribution in [0.25, 0.3) is 0 Å². The van der Waals surface area contributed by atoms with Gasteiger partial charge >= 0.3 is 0 Å². The Morgan fingerprint density at radius 3 is 2.53 bits per heavy atom. The van der Waals surface area contributed by atoms with Crippen molar-refractivity contribution in [2.75, 3.05) is 0 Å². The summed E-state index contributed by atoms with van der Waals surface area (Å²) < 4.78 is 11.7. The second-order valence-corrected chi connectivity index (χ2v) is 11.4. The first-order chi connectivity index (χ1) is 7.63. The zero-order valence-electron chi connectivity index (χ0n) is 11.4. The van der Waals surface area contributed by atoms with Crippen molar-refractivity contribution in [3.05, 3.63) is 12.2 Å². The number of epoxide rings is 1. The van der Waals surface area contributed by atoms with Crippen molar-refractivity contribution in [3.8, 4) is 0 Å². The molecule has 0 N–H and O–H groups in total. The Bertz CT molecular complexity index is 367. The number of hydrogen-bond donors (Lipinski definition) is 0. The van der Waals surface area contributed by atoms with Gasteiger partial charge in [-0.3, -0.25) is 4.79 Å². The zero-order chi connectivity index (χ0) is 13.0. The van der Waals surface area contributed by atoms with E-state index in [2.05, 4.69) is 40.4 Å². The van der Waals surface area contributed by atoms with Gasteiger partial charge in [0.15, 0.2) is 14.1 Å². The molecule has 1 aliphatic carbocycles. The van der Waals surface area contributed by atoms with Crippen LogP contribution in [0.4, 0.5) is 0 Å². The van der Waals surface area contributed by atoms with Crippen LogP contribution < -0.4 is 0 Å². The fraction of sp³-hybridized carbons (Fsp3) is 0.769. The van der Waals surface area contributed by atoms with Gasteiger partial charge in [-0.05, 0) is 23.7 Å². The minimum absolute atomic E-state index is 0.0119. The summed E-state index contributed by atoms with van der Waals surface area (Å²) in [7, 11) is -1.79. The van der Waals surface area contributed by atoms with E-state index < -0.39 is 8.32 Å². The topological polar surface area (TPSA) is 38.8 Å². The number of ether oxygens (including phenoxy) is 1. The Kier molecular flexibility index (Phi) is 2.88. The van der Waals surface area contributed by atoms with E-state index in [0.29, 0.717) is 12.0 Å². The van der Waals surface area contributed by atoms with Gasteiger partial charge in [-0.2, -0.15) is 0 Å². The molecule has 0 amide bonds. The lowest BCUT2D eigenvalue weighted by Gasteiger charge is -2.39. The molecule has 2 aliphatic rings. The van der Waals surface area contributed by atoms with Crippen molar-refractivity contribution in [1.29, 1.82) is 0 Å². The lowest BCUT2D eigenvalue weighted by Crippen LogP contribution is -2.47. The molecular formula is C13H22O3Si. The predicted octanol–water partition coefficient (Wildman–Crippen LogP) is 2.67. The summed E-state index contributed by atoms with van der Waals surface area (Å²) in [5, 5.41) is 0.181. The second kappa shape index (κ2) is 3.77. The van der Waals surface area contributed by atoms with Crippen molar-refractivity contribution in [3.63, 3.8) is 0 Å². The number of carbonyl (C=O) groups is 1. The summed E-state index contributed by atoms with van der Waals surface area (Å²) >= 11 is 0. The van der Waals surface area contributed by atoms with Crippen molar-refractivity contribution in [1.82, 2.24) is 0 Å².